The summed E-state index contributed by atoms with van der Waals surface area (Å²) in [6, 6.07) is 0.394. The lowest BCUT2D eigenvalue weighted by atomic mass is 9.81. The van der Waals surface area contributed by atoms with Crippen molar-refractivity contribution in [3.63, 3.8) is 0 Å². The summed E-state index contributed by atoms with van der Waals surface area (Å²) in [5.74, 6) is 0. The van der Waals surface area contributed by atoms with Gasteiger partial charge in [-0.15, -0.1) is 0 Å². The smallest absolute Gasteiger partial charge is 0.186 e. The van der Waals surface area contributed by atoms with E-state index in [0.717, 1.165) is 24.4 Å². The first-order valence-corrected chi connectivity index (χ1v) is 7.82. The van der Waals surface area contributed by atoms with Crippen LogP contribution in [0.4, 0.5) is 0 Å². The summed E-state index contributed by atoms with van der Waals surface area (Å²) in [5, 5.41) is 18.9. The molecule has 1 aromatic heterocycles. The molecule has 0 aromatic carbocycles. The number of aromatic nitrogens is 3. The fourth-order valence-electron chi connectivity index (χ4n) is 2.88. The van der Waals surface area contributed by atoms with Crippen molar-refractivity contribution in [1.82, 2.24) is 20.1 Å². The van der Waals surface area contributed by atoms with Crippen LogP contribution in [-0.4, -0.2) is 43.3 Å². The van der Waals surface area contributed by atoms with Gasteiger partial charge < -0.3 is 10.4 Å². The summed E-state index contributed by atoms with van der Waals surface area (Å²) in [4.78, 5) is 4.28. The molecule has 6 heteroatoms. The molecule has 108 valence electrons. The second-order valence-electron chi connectivity index (χ2n) is 5.74. The minimum absolute atomic E-state index is 0.122. The van der Waals surface area contributed by atoms with E-state index in [0.29, 0.717) is 11.3 Å². The highest BCUT2D eigenvalue weighted by Gasteiger charge is 2.36. The predicted octanol–water partition coefficient (Wildman–Crippen LogP) is 1.58. The number of nitrogens with zero attached hydrogens (tertiary/aromatic N) is 3. The first-order valence-electron chi connectivity index (χ1n) is 6.94. The van der Waals surface area contributed by atoms with Crippen molar-refractivity contribution in [2.45, 2.75) is 61.5 Å². The SMILES string of the molecule is CC(C)NC1(CO)CCCC(Sc2ncnn2C)C1. The van der Waals surface area contributed by atoms with Crippen LogP contribution in [0.15, 0.2) is 11.5 Å². The molecule has 1 aliphatic carbocycles. The van der Waals surface area contributed by atoms with Crippen LogP contribution in [0.1, 0.15) is 39.5 Å². The molecule has 0 radical (unpaired) electrons. The summed E-state index contributed by atoms with van der Waals surface area (Å²) in [6.45, 7) is 4.48. The van der Waals surface area contributed by atoms with Crippen LogP contribution in [0.2, 0.25) is 0 Å². The zero-order valence-electron chi connectivity index (χ0n) is 12.0. The lowest BCUT2D eigenvalue weighted by Crippen LogP contribution is -2.54. The second-order valence-corrected chi connectivity index (χ2v) is 7.01. The number of hydrogen-bond donors (Lipinski definition) is 2. The zero-order chi connectivity index (χ0) is 13.9. The van der Waals surface area contributed by atoms with Gasteiger partial charge in [-0.1, -0.05) is 32.0 Å². The molecule has 1 fully saturated rings. The molecule has 0 aliphatic heterocycles. The summed E-state index contributed by atoms with van der Waals surface area (Å²) >= 11 is 1.78. The van der Waals surface area contributed by atoms with E-state index in [2.05, 4.69) is 29.2 Å². The minimum Gasteiger partial charge on any atom is -0.394 e. The van der Waals surface area contributed by atoms with Crippen LogP contribution in [0.5, 0.6) is 0 Å². The second kappa shape index (κ2) is 6.24. The van der Waals surface area contributed by atoms with Gasteiger partial charge in [-0.3, -0.25) is 0 Å². The molecule has 2 unspecified atom stereocenters. The topological polar surface area (TPSA) is 63.0 Å². The van der Waals surface area contributed by atoms with Crippen molar-refractivity contribution in [2.75, 3.05) is 6.61 Å². The molecule has 0 bridgehead atoms. The van der Waals surface area contributed by atoms with Crippen LogP contribution < -0.4 is 5.32 Å². The van der Waals surface area contributed by atoms with E-state index in [9.17, 15) is 5.11 Å². The number of rotatable bonds is 5. The van der Waals surface area contributed by atoms with Crippen molar-refractivity contribution in [2.24, 2.45) is 7.05 Å². The first kappa shape index (κ1) is 14.8. The molecule has 1 heterocycles. The number of nitrogens with one attached hydrogen (secondary N) is 1. The van der Waals surface area contributed by atoms with Gasteiger partial charge in [0, 0.05) is 23.9 Å². The van der Waals surface area contributed by atoms with E-state index in [1.807, 2.05) is 11.7 Å². The van der Waals surface area contributed by atoms with Crippen LogP contribution >= 0.6 is 11.8 Å². The van der Waals surface area contributed by atoms with Crippen molar-refractivity contribution in [1.29, 1.82) is 0 Å². The Labute approximate surface area is 119 Å². The summed E-state index contributed by atoms with van der Waals surface area (Å²) in [5.41, 5.74) is -0.122. The maximum absolute atomic E-state index is 9.78. The molecule has 2 atom stereocenters. The summed E-state index contributed by atoms with van der Waals surface area (Å²) in [7, 11) is 1.92. The van der Waals surface area contributed by atoms with Gasteiger partial charge >= 0.3 is 0 Å². The lowest BCUT2D eigenvalue weighted by molar-refractivity contribution is 0.115. The third-order valence-electron chi connectivity index (χ3n) is 3.64. The van der Waals surface area contributed by atoms with Crippen molar-refractivity contribution in [3.8, 4) is 0 Å². The average molecular weight is 284 g/mol. The van der Waals surface area contributed by atoms with Gasteiger partial charge in [0.15, 0.2) is 5.16 Å². The Kier molecular flexibility index (Phi) is 4.86. The number of aryl methyl sites for hydroxylation is 1. The molecule has 2 N–H and O–H groups in total. The van der Waals surface area contributed by atoms with Gasteiger partial charge in [0.05, 0.1) is 6.61 Å². The summed E-state index contributed by atoms with van der Waals surface area (Å²) in [6.07, 6.45) is 5.96. The van der Waals surface area contributed by atoms with Crippen LogP contribution in [-0.2, 0) is 7.05 Å². The Balaban J connectivity index is 2.01. The third kappa shape index (κ3) is 3.70. The van der Waals surface area contributed by atoms with E-state index >= 15 is 0 Å². The summed E-state index contributed by atoms with van der Waals surface area (Å²) < 4.78 is 1.82. The van der Waals surface area contributed by atoms with Gasteiger partial charge in [0.1, 0.15) is 6.33 Å². The van der Waals surface area contributed by atoms with Crippen LogP contribution in [0.25, 0.3) is 0 Å². The van der Waals surface area contributed by atoms with Gasteiger partial charge in [0.25, 0.3) is 0 Å². The Hall–Kier alpha value is -0.590. The average Bonchev–Trinajstić information content (AvgIpc) is 2.75. The van der Waals surface area contributed by atoms with Crippen molar-refractivity contribution < 1.29 is 5.11 Å². The standard InChI is InChI=1S/C13H24N4OS/c1-10(2)16-13(8-18)6-4-5-11(7-13)19-12-14-9-15-17(12)3/h9-11,16,18H,4-8H2,1-3H3. The molecule has 2 rings (SSSR count). The zero-order valence-corrected chi connectivity index (χ0v) is 12.8. The first-order chi connectivity index (χ1) is 9.04. The number of hydrogen-bond acceptors (Lipinski definition) is 5. The van der Waals surface area contributed by atoms with Gasteiger partial charge in [-0.25, -0.2) is 9.67 Å². The van der Waals surface area contributed by atoms with Gasteiger partial charge in [0.2, 0.25) is 0 Å². The molecular formula is C13H24N4OS. The van der Waals surface area contributed by atoms with Crippen LogP contribution in [0, 0.1) is 0 Å². The lowest BCUT2D eigenvalue weighted by Gasteiger charge is -2.41. The van der Waals surface area contributed by atoms with Gasteiger partial charge in [-0.05, 0) is 19.3 Å². The fraction of sp³-hybridized carbons (Fsp3) is 0.846. The maximum atomic E-state index is 9.78. The fourth-order valence-corrected chi connectivity index (χ4v) is 4.18. The maximum Gasteiger partial charge on any atom is 0.186 e. The monoisotopic (exact) mass is 284 g/mol. The van der Waals surface area contributed by atoms with Crippen molar-refractivity contribution >= 4 is 11.8 Å². The Morgan fingerprint density at radius 1 is 1.63 bits per heavy atom. The highest BCUT2D eigenvalue weighted by atomic mass is 32.2. The van der Waals surface area contributed by atoms with E-state index in [-0.39, 0.29) is 12.1 Å². The third-order valence-corrected chi connectivity index (χ3v) is 4.96. The van der Waals surface area contributed by atoms with E-state index in [1.54, 1.807) is 18.1 Å². The Morgan fingerprint density at radius 3 is 3.00 bits per heavy atom. The largest absolute Gasteiger partial charge is 0.394 e. The molecule has 19 heavy (non-hydrogen) atoms. The number of aliphatic hydroxyl groups excluding tert-OH is 1. The van der Waals surface area contributed by atoms with Gasteiger partial charge in [-0.2, -0.15) is 5.10 Å². The van der Waals surface area contributed by atoms with Crippen molar-refractivity contribution in [3.05, 3.63) is 6.33 Å². The molecule has 1 aromatic rings. The molecule has 5 nitrogen and oxygen atoms in total. The quantitative estimate of drug-likeness (QED) is 0.859. The highest BCUT2D eigenvalue weighted by Crippen LogP contribution is 2.37. The predicted molar refractivity (Wildman–Crippen MR) is 77.2 cm³/mol. The van der Waals surface area contributed by atoms with E-state index < -0.39 is 0 Å². The molecular weight excluding hydrogens is 260 g/mol. The molecule has 0 amide bonds. The Bertz CT molecular complexity index is 409. The normalized spacial score (nSPS) is 27.9. The molecule has 0 spiro atoms. The molecule has 0 saturated heterocycles. The Morgan fingerprint density at radius 2 is 2.42 bits per heavy atom. The van der Waals surface area contributed by atoms with E-state index in [4.69, 9.17) is 0 Å². The van der Waals surface area contributed by atoms with E-state index in [1.165, 1.54) is 6.42 Å². The van der Waals surface area contributed by atoms with Crippen LogP contribution in [0.3, 0.4) is 0 Å². The number of aliphatic hydroxyl groups is 1. The minimum atomic E-state index is -0.122. The molecule has 1 aliphatic rings. The molecule has 1 saturated carbocycles. The number of thioether (sulfide) groups is 1. The highest BCUT2D eigenvalue weighted by molar-refractivity contribution is 7.99.